The molecule has 0 aromatic heterocycles. The summed E-state index contributed by atoms with van der Waals surface area (Å²) in [6.45, 7) is 6.25. The summed E-state index contributed by atoms with van der Waals surface area (Å²) >= 11 is 0. The second-order valence-electron chi connectivity index (χ2n) is 9.40. The topological polar surface area (TPSA) is 67.9 Å². The predicted molar refractivity (Wildman–Crippen MR) is 134 cm³/mol. The molecule has 184 valence electrons. The number of benzene rings is 2. The molecule has 34 heavy (non-hydrogen) atoms. The molecule has 6 heteroatoms. The van der Waals surface area contributed by atoms with Crippen LogP contribution in [0.3, 0.4) is 0 Å². The zero-order chi connectivity index (χ0) is 24.5. The summed E-state index contributed by atoms with van der Waals surface area (Å²) < 4.78 is 11.0. The fourth-order valence-corrected chi connectivity index (χ4v) is 4.26. The monoisotopic (exact) mass is 466 g/mol. The van der Waals surface area contributed by atoms with Crippen LogP contribution < -0.4 is 14.8 Å². The average molecular weight is 467 g/mol. The van der Waals surface area contributed by atoms with E-state index in [4.69, 9.17) is 9.47 Å². The highest BCUT2D eigenvalue weighted by molar-refractivity contribution is 5.88. The van der Waals surface area contributed by atoms with Crippen molar-refractivity contribution in [2.75, 3.05) is 13.7 Å². The second kappa shape index (κ2) is 12.4. The fraction of sp³-hybridized carbons (Fsp3) is 0.500. The van der Waals surface area contributed by atoms with Gasteiger partial charge >= 0.3 is 0 Å². The molecule has 1 fully saturated rings. The van der Waals surface area contributed by atoms with E-state index < -0.39 is 6.04 Å². The highest BCUT2D eigenvalue weighted by Gasteiger charge is 2.28. The third-order valence-electron chi connectivity index (χ3n) is 6.54. The van der Waals surface area contributed by atoms with E-state index in [-0.39, 0.29) is 24.5 Å². The summed E-state index contributed by atoms with van der Waals surface area (Å²) in [5.41, 5.74) is 2.14. The van der Waals surface area contributed by atoms with E-state index >= 15 is 0 Å². The zero-order valence-electron chi connectivity index (χ0n) is 20.9. The number of hydrogen-bond donors (Lipinski definition) is 1. The first kappa shape index (κ1) is 25.6. The predicted octanol–water partition coefficient (Wildman–Crippen LogP) is 5.06. The van der Waals surface area contributed by atoms with E-state index in [0.717, 1.165) is 37.0 Å². The Morgan fingerprint density at radius 2 is 1.56 bits per heavy atom. The molecule has 2 aromatic carbocycles. The van der Waals surface area contributed by atoms with Crippen molar-refractivity contribution in [1.82, 2.24) is 10.2 Å². The average Bonchev–Trinajstić information content (AvgIpc) is 2.86. The van der Waals surface area contributed by atoms with Crippen LogP contribution in [0.25, 0.3) is 0 Å². The third-order valence-corrected chi connectivity index (χ3v) is 6.54. The molecule has 0 saturated heterocycles. The Labute approximate surface area is 203 Å². The molecule has 1 aliphatic carbocycles. The lowest BCUT2D eigenvalue weighted by molar-refractivity contribution is -0.142. The van der Waals surface area contributed by atoms with E-state index in [1.165, 1.54) is 12.0 Å². The number of carbonyl (C=O) groups is 2. The maximum atomic E-state index is 13.3. The standard InChI is InChI=1S/C28H38N2O4/c1-20(2)23-12-16-26(17-13-23)34-19-27(31)30(18-22-10-14-25(33-4)15-11-22)21(3)28(32)29-24-8-6-5-7-9-24/h10-17,20-21,24H,5-9,18-19H2,1-4H3,(H,29,32). The Morgan fingerprint density at radius 1 is 0.941 bits per heavy atom. The van der Waals surface area contributed by atoms with E-state index in [0.29, 0.717) is 18.2 Å². The SMILES string of the molecule is COc1ccc(CN(C(=O)COc2ccc(C(C)C)cc2)C(C)C(=O)NC2CCCCC2)cc1. The van der Waals surface area contributed by atoms with Gasteiger partial charge in [-0.05, 0) is 61.1 Å². The van der Waals surface area contributed by atoms with E-state index in [2.05, 4.69) is 19.2 Å². The maximum Gasteiger partial charge on any atom is 0.261 e. The van der Waals surface area contributed by atoms with Gasteiger partial charge in [0.05, 0.1) is 7.11 Å². The van der Waals surface area contributed by atoms with Crippen LogP contribution >= 0.6 is 0 Å². The molecule has 1 saturated carbocycles. The first-order chi connectivity index (χ1) is 16.4. The zero-order valence-corrected chi connectivity index (χ0v) is 20.9. The molecule has 1 aliphatic rings. The smallest absolute Gasteiger partial charge is 0.261 e. The minimum absolute atomic E-state index is 0.116. The van der Waals surface area contributed by atoms with Gasteiger partial charge in [-0.15, -0.1) is 0 Å². The van der Waals surface area contributed by atoms with Gasteiger partial charge in [0, 0.05) is 12.6 Å². The molecule has 3 rings (SSSR count). The lowest BCUT2D eigenvalue weighted by Gasteiger charge is -2.31. The van der Waals surface area contributed by atoms with Gasteiger partial charge in [-0.3, -0.25) is 9.59 Å². The molecule has 0 radical (unpaired) electrons. The van der Waals surface area contributed by atoms with Crippen molar-refractivity contribution in [3.05, 3.63) is 59.7 Å². The number of nitrogens with zero attached hydrogens (tertiary/aromatic N) is 1. The van der Waals surface area contributed by atoms with Gasteiger partial charge < -0.3 is 19.7 Å². The summed E-state index contributed by atoms with van der Waals surface area (Å²) in [5.74, 6) is 1.48. The normalized spacial score (nSPS) is 15.0. The van der Waals surface area contributed by atoms with Crippen LogP contribution in [-0.4, -0.2) is 42.5 Å². The third kappa shape index (κ3) is 7.24. The molecule has 6 nitrogen and oxygen atoms in total. The number of rotatable bonds is 10. The molecule has 0 bridgehead atoms. The minimum atomic E-state index is -0.608. The quantitative estimate of drug-likeness (QED) is 0.531. The minimum Gasteiger partial charge on any atom is -0.497 e. The Hall–Kier alpha value is -3.02. The lowest BCUT2D eigenvalue weighted by Crippen LogP contribution is -2.51. The number of ether oxygens (including phenoxy) is 2. The Bertz CT molecular complexity index is 918. The number of methoxy groups -OCH3 is 1. The Morgan fingerprint density at radius 3 is 2.15 bits per heavy atom. The number of amides is 2. The summed E-state index contributed by atoms with van der Waals surface area (Å²) in [6, 6.07) is 14.9. The van der Waals surface area contributed by atoms with Crippen LogP contribution in [0.1, 0.15) is 69.9 Å². The van der Waals surface area contributed by atoms with Crippen molar-refractivity contribution >= 4 is 11.8 Å². The van der Waals surface area contributed by atoms with Gasteiger partial charge in [-0.2, -0.15) is 0 Å². The van der Waals surface area contributed by atoms with Gasteiger partial charge in [0.2, 0.25) is 5.91 Å². The summed E-state index contributed by atoms with van der Waals surface area (Å²) in [4.78, 5) is 27.9. The molecular weight excluding hydrogens is 428 g/mol. The van der Waals surface area contributed by atoms with Gasteiger partial charge in [-0.1, -0.05) is 57.4 Å². The fourth-order valence-electron chi connectivity index (χ4n) is 4.26. The first-order valence-corrected chi connectivity index (χ1v) is 12.3. The first-order valence-electron chi connectivity index (χ1n) is 12.3. The van der Waals surface area contributed by atoms with Crippen LogP contribution in [0.4, 0.5) is 0 Å². The summed E-state index contributed by atoms with van der Waals surface area (Å²) in [5, 5.41) is 3.15. The molecule has 1 N–H and O–H groups in total. The molecule has 1 atom stereocenters. The summed E-state index contributed by atoms with van der Waals surface area (Å²) in [7, 11) is 1.62. The van der Waals surface area contributed by atoms with Crippen molar-refractivity contribution in [2.45, 2.75) is 77.4 Å². The van der Waals surface area contributed by atoms with Crippen molar-refractivity contribution in [3.8, 4) is 11.5 Å². The van der Waals surface area contributed by atoms with E-state index in [9.17, 15) is 9.59 Å². The lowest BCUT2D eigenvalue weighted by atomic mass is 9.95. The van der Waals surface area contributed by atoms with Crippen LogP contribution in [-0.2, 0) is 16.1 Å². The molecule has 1 unspecified atom stereocenters. The van der Waals surface area contributed by atoms with Gasteiger partial charge in [0.15, 0.2) is 6.61 Å². The Balaban J connectivity index is 1.69. The van der Waals surface area contributed by atoms with Crippen molar-refractivity contribution in [1.29, 1.82) is 0 Å². The number of carbonyl (C=O) groups excluding carboxylic acids is 2. The molecular formula is C28H38N2O4. The molecule has 2 amide bonds. The van der Waals surface area contributed by atoms with Crippen LogP contribution in [0.2, 0.25) is 0 Å². The van der Waals surface area contributed by atoms with Crippen LogP contribution in [0, 0.1) is 0 Å². The Kier molecular flexibility index (Phi) is 9.37. The van der Waals surface area contributed by atoms with Crippen molar-refractivity contribution < 1.29 is 19.1 Å². The molecule has 2 aromatic rings. The number of hydrogen-bond acceptors (Lipinski definition) is 4. The highest BCUT2D eigenvalue weighted by atomic mass is 16.5. The van der Waals surface area contributed by atoms with Gasteiger partial charge in [-0.25, -0.2) is 0 Å². The number of nitrogens with one attached hydrogen (secondary N) is 1. The van der Waals surface area contributed by atoms with Crippen LogP contribution in [0.15, 0.2) is 48.5 Å². The summed E-state index contributed by atoms with van der Waals surface area (Å²) in [6.07, 6.45) is 5.49. The van der Waals surface area contributed by atoms with E-state index in [1.54, 1.807) is 18.9 Å². The van der Waals surface area contributed by atoms with Crippen LogP contribution in [0.5, 0.6) is 11.5 Å². The highest BCUT2D eigenvalue weighted by Crippen LogP contribution is 2.21. The molecule has 0 heterocycles. The van der Waals surface area contributed by atoms with E-state index in [1.807, 2.05) is 48.5 Å². The molecule has 0 spiro atoms. The van der Waals surface area contributed by atoms with Gasteiger partial charge in [0.1, 0.15) is 17.5 Å². The molecule has 0 aliphatic heterocycles. The van der Waals surface area contributed by atoms with Crippen molar-refractivity contribution in [3.63, 3.8) is 0 Å². The maximum absolute atomic E-state index is 13.3. The van der Waals surface area contributed by atoms with Crippen molar-refractivity contribution in [2.24, 2.45) is 0 Å². The van der Waals surface area contributed by atoms with Gasteiger partial charge in [0.25, 0.3) is 5.91 Å². The second-order valence-corrected chi connectivity index (χ2v) is 9.40. The largest absolute Gasteiger partial charge is 0.497 e.